The number of non-ortho nitro benzene ring substituents is 1. The van der Waals surface area contributed by atoms with E-state index in [9.17, 15) is 10.1 Å². The van der Waals surface area contributed by atoms with Gasteiger partial charge >= 0.3 is 0 Å². The van der Waals surface area contributed by atoms with Gasteiger partial charge in [0.15, 0.2) is 5.11 Å². The van der Waals surface area contributed by atoms with Crippen molar-refractivity contribution in [3.63, 3.8) is 0 Å². The van der Waals surface area contributed by atoms with Gasteiger partial charge < -0.3 is 14.6 Å². The second-order valence-electron chi connectivity index (χ2n) is 6.82. The summed E-state index contributed by atoms with van der Waals surface area (Å²) in [7, 11) is 0. The van der Waals surface area contributed by atoms with Crippen LogP contribution in [0.15, 0.2) is 52.9 Å². The molecule has 0 aliphatic carbocycles. The topological polar surface area (TPSA) is 97.3 Å². The number of anilines is 1. The quantitative estimate of drug-likeness (QED) is 0.358. The zero-order valence-electron chi connectivity index (χ0n) is 16.3. The predicted molar refractivity (Wildman–Crippen MR) is 114 cm³/mol. The summed E-state index contributed by atoms with van der Waals surface area (Å²) in [5, 5.41) is 22.7. The van der Waals surface area contributed by atoms with Gasteiger partial charge in [-0.2, -0.15) is 0 Å². The number of benzene rings is 2. The Kier molecular flexibility index (Phi) is 6.18. The van der Waals surface area contributed by atoms with E-state index in [0.29, 0.717) is 29.0 Å². The fourth-order valence-electron chi connectivity index (χ4n) is 2.63. The molecule has 0 amide bonds. The van der Waals surface area contributed by atoms with E-state index >= 15 is 0 Å². The summed E-state index contributed by atoms with van der Waals surface area (Å²) in [5.74, 6) is 0.705. The van der Waals surface area contributed by atoms with Gasteiger partial charge in [0.1, 0.15) is 0 Å². The third-order valence-electron chi connectivity index (χ3n) is 4.28. The molecule has 0 fully saturated rings. The number of hydrogen-bond acceptors (Lipinski definition) is 6. The molecular weight excluding hydrogens is 390 g/mol. The van der Waals surface area contributed by atoms with E-state index in [2.05, 4.69) is 15.5 Å². The first-order valence-corrected chi connectivity index (χ1v) is 9.46. The van der Waals surface area contributed by atoms with Gasteiger partial charge in [0.2, 0.25) is 11.8 Å². The Hall–Kier alpha value is -3.33. The van der Waals surface area contributed by atoms with Crippen LogP contribution in [0.25, 0.3) is 11.5 Å². The van der Waals surface area contributed by atoms with E-state index in [1.165, 1.54) is 17.7 Å². The summed E-state index contributed by atoms with van der Waals surface area (Å²) >= 11 is 5.57. The summed E-state index contributed by atoms with van der Waals surface area (Å²) in [5.41, 5.74) is 2.70. The van der Waals surface area contributed by atoms with Crippen molar-refractivity contribution < 1.29 is 9.34 Å². The molecule has 0 aliphatic rings. The molecule has 0 saturated carbocycles. The Labute approximate surface area is 173 Å². The SMILES string of the molecule is Cc1ccc(NC(=S)N(Cc2nnc(-c3ccc([N+](=O)[O-])cc3)o2)C(C)C)cc1. The smallest absolute Gasteiger partial charge is 0.269 e. The number of nitrogens with zero attached hydrogens (tertiary/aromatic N) is 4. The van der Waals surface area contributed by atoms with Gasteiger partial charge in [0.25, 0.3) is 5.69 Å². The van der Waals surface area contributed by atoms with Crippen molar-refractivity contribution in [1.82, 2.24) is 15.1 Å². The Morgan fingerprint density at radius 3 is 2.41 bits per heavy atom. The van der Waals surface area contributed by atoms with Crippen LogP contribution in [0.3, 0.4) is 0 Å². The first-order valence-electron chi connectivity index (χ1n) is 9.05. The average Bonchev–Trinajstić information content (AvgIpc) is 3.16. The fourth-order valence-corrected chi connectivity index (χ4v) is 3.02. The van der Waals surface area contributed by atoms with Crippen LogP contribution >= 0.6 is 12.2 Å². The number of rotatable bonds is 6. The summed E-state index contributed by atoms with van der Waals surface area (Å²) in [6.45, 7) is 6.42. The monoisotopic (exact) mass is 411 g/mol. The molecule has 3 aromatic rings. The first kappa shape index (κ1) is 20.4. The second kappa shape index (κ2) is 8.78. The lowest BCUT2D eigenvalue weighted by atomic mass is 10.2. The Morgan fingerprint density at radius 1 is 1.17 bits per heavy atom. The van der Waals surface area contributed by atoms with Gasteiger partial charge in [-0.3, -0.25) is 10.1 Å². The number of hydrogen-bond donors (Lipinski definition) is 1. The van der Waals surface area contributed by atoms with Crippen molar-refractivity contribution in [2.75, 3.05) is 5.32 Å². The van der Waals surface area contributed by atoms with E-state index in [4.69, 9.17) is 16.6 Å². The van der Waals surface area contributed by atoms with Crippen LogP contribution in [0, 0.1) is 17.0 Å². The molecule has 0 spiro atoms. The van der Waals surface area contributed by atoms with Crippen LogP contribution in [0.1, 0.15) is 25.3 Å². The molecule has 0 unspecified atom stereocenters. The molecule has 0 atom stereocenters. The van der Waals surface area contributed by atoms with Gasteiger partial charge in [-0.1, -0.05) is 17.7 Å². The van der Waals surface area contributed by atoms with Crippen molar-refractivity contribution in [1.29, 1.82) is 0 Å². The zero-order chi connectivity index (χ0) is 21.0. The number of nitro benzene ring substituents is 1. The molecule has 0 aliphatic heterocycles. The van der Waals surface area contributed by atoms with Crippen molar-refractivity contribution in [2.45, 2.75) is 33.4 Å². The minimum atomic E-state index is -0.453. The molecule has 3 rings (SSSR count). The maximum Gasteiger partial charge on any atom is 0.269 e. The molecule has 1 N–H and O–H groups in total. The van der Waals surface area contributed by atoms with E-state index in [1.807, 2.05) is 49.9 Å². The van der Waals surface area contributed by atoms with Crippen molar-refractivity contribution in [3.05, 3.63) is 70.1 Å². The number of nitrogens with one attached hydrogen (secondary N) is 1. The summed E-state index contributed by atoms with van der Waals surface area (Å²) < 4.78 is 5.75. The van der Waals surface area contributed by atoms with Gasteiger partial charge in [0, 0.05) is 29.4 Å². The molecular formula is C20H21N5O3S. The van der Waals surface area contributed by atoms with Crippen LogP contribution in [-0.4, -0.2) is 31.2 Å². The maximum atomic E-state index is 10.8. The van der Waals surface area contributed by atoms with E-state index < -0.39 is 4.92 Å². The lowest BCUT2D eigenvalue weighted by Gasteiger charge is -2.28. The molecule has 0 radical (unpaired) electrons. The Morgan fingerprint density at radius 2 is 1.83 bits per heavy atom. The van der Waals surface area contributed by atoms with Crippen LogP contribution in [-0.2, 0) is 6.54 Å². The Bertz CT molecular complexity index is 1000. The van der Waals surface area contributed by atoms with E-state index in [0.717, 1.165) is 5.69 Å². The highest BCUT2D eigenvalue weighted by Gasteiger charge is 2.19. The zero-order valence-corrected chi connectivity index (χ0v) is 17.1. The summed E-state index contributed by atoms with van der Waals surface area (Å²) in [6, 6.07) is 14.0. The minimum absolute atomic E-state index is 0.00648. The van der Waals surface area contributed by atoms with Gasteiger partial charge in [0.05, 0.1) is 11.5 Å². The third-order valence-corrected chi connectivity index (χ3v) is 4.62. The molecule has 1 heterocycles. The first-order chi connectivity index (χ1) is 13.8. The van der Waals surface area contributed by atoms with E-state index in [-0.39, 0.29) is 11.7 Å². The molecule has 29 heavy (non-hydrogen) atoms. The number of aromatic nitrogens is 2. The predicted octanol–water partition coefficient (Wildman–Crippen LogP) is 4.56. The van der Waals surface area contributed by atoms with Crippen LogP contribution in [0.2, 0.25) is 0 Å². The molecule has 2 aromatic carbocycles. The molecule has 8 nitrogen and oxygen atoms in total. The maximum absolute atomic E-state index is 10.8. The highest BCUT2D eigenvalue weighted by Crippen LogP contribution is 2.22. The fraction of sp³-hybridized carbons (Fsp3) is 0.250. The minimum Gasteiger partial charge on any atom is -0.419 e. The molecule has 0 bridgehead atoms. The standard InChI is InChI=1S/C20H21N5O3S/c1-13(2)24(20(29)21-16-8-4-14(3)5-9-16)12-18-22-23-19(28-18)15-6-10-17(11-7-15)25(26)27/h4-11,13H,12H2,1-3H3,(H,21,29). The van der Waals surface area contributed by atoms with Crippen LogP contribution in [0.4, 0.5) is 11.4 Å². The number of aryl methyl sites for hydroxylation is 1. The van der Waals surface area contributed by atoms with Gasteiger partial charge in [-0.05, 0) is 57.3 Å². The molecule has 0 saturated heterocycles. The molecule has 150 valence electrons. The van der Waals surface area contributed by atoms with E-state index in [1.54, 1.807) is 12.1 Å². The molecule has 9 heteroatoms. The van der Waals surface area contributed by atoms with Crippen molar-refractivity contribution in [3.8, 4) is 11.5 Å². The van der Waals surface area contributed by atoms with Gasteiger partial charge in [-0.15, -0.1) is 10.2 Å². The summed E-state index contributed by atoms with van der Waals surface area (Å²) in [4.78, 5) is 12.3. The van der Waals surface area contributed by atoms with Crippen LogP contribution < -0.4 is 5.32 Å². The highest BCUT2D eigenvalue weighted by atomic mass is 32.1. The highest BCUT2D eigenvalue weighted by molar-refractivity contribution is 7.80. The van der Waals surface area contributed by atoms with Gasteiger partial charge in [-0.25, -0.2) is 0 Å². The largest absolute Gasteiger partial charge is 0.419 e. The third kappa shape index (κ3) is 5.14. The van der Waals surface area contributed by atoms with Crippen molar-refractivity contribution in [2.24, 2.45) is 0 Å². The lowest BCUT2D eigenvalue weighted by Crippen LogP contribution is -2.39. The lowest BCUT2D eigenvalue weighted by molar-refractivity contribution is -0.384. The van der Waals surface area contributed by atoms with Crippen molar-refractivity contribution >= 4 is 28.7 Å². The number of thiocarbonyl (C=S) groups is 1. The average molecular weight is 411 g/mol. The number of nitro groups is 1. The second-order valence-corrected chi connectivity index (χ2v) is 7.21. The Balaban J connectivity index is 1.71. The molecule has 1 aromatic heterocycles. The normalized spacial score (nSPS) is 10.8. The van der Waals surface area contributed by atoms with Crippen LogP contribution in [0.5, 0.6) is 0 Å². The summed E-state index contributed by atoms with van der Waals surface area (Å²) in [6.07, 6.45) is 0.